The summed E-state index contributed by atoms with van der Waals surface area (Å²) in [5.74, 6) is 1.45. The lowest BCUT2D eigenvalue weighted by atomic mass is 9.55. The maximum atomic E-state index is 13.8. The van der Waals surface area contributed by atoms with Crippen LogP contribution in [0.3, 0.4) is 0 Å². The van der Waals surface area contributed by atoms with Gasteiger partial charge in [-0.05, 0) is 48.1 Å². The summed E-state index contributed by atoms with van der Waals surface area (Å²) >= 11 is 0. The molecule has 1 aliphatic heterocycles. The van der Waals surface area contributed by atoms with Crippen LogP contribution >= 0.6 is 0 Å². The van der Waals surface area contributed by atoms with Gasteiger partial charge in [0.25, 0.3) is 0 Å². The first-order valence-corrected chi connectivity index (χ1v) is 13.2. The summed E-state index contributed by atoms with van der Waals surface area (Å²) in [6.07, 6.45) is 7.52. The molecule has 0 aromatic heterocycles. The number of hydrogen-bond donors (Lipinski definition) is 0. The van der Waals surface area contributed by atoms with Crippen molar-refractivity contribution in [3.8, 4) is 0 Å². The van der Waals surface area contributed by atoms with Gasteiger partial charge in [-0.3, -0.25) is 4.79 Å². The number of benzene rings is 2. The molecule has 0 spiro atoms. The van der Waals surface area contributed by atoms with E-state index in [4.69, 9.17) is 9.47 Å². The molecule has 0 unspecified atom stereocenters. The molecule has 1 heterocycles. The van der Waals surface area contributed by atoms with Crippen molar-refractivity contribution >= 4 is 5.78 Å². The van der Waals surface area contributed by atoms with Crippen LogP contribution in [-0.2, 0) is 14.3 Å². The third-order valence-electron chi connectivity index (χ3n) is 8.45. The molecule has 4 rings (SSSR count). The van der Waals surface area contributed by atoms with E-state index in [1.54, 1.807) is 7.11 Å². The Bertz CT molecular complexity index is 969. The van der Waals surface area contributed by atoms with Crippen LogP contribution in [0.15, 0.2) is 86.0 Å². The number of ketones is 1. The van der Waals surface area contributed by atoms with Crippen LogP contribution in [-0.4, -0.2) is 19.2 Å². The van der Waals surface area contributed by atoms with Gasteiger partial charge in [-0.25, -0.2) is 0 Å². The van der Waals surface area contributed by atoms with E-state index in [9.17, 15) is 4.79 Å². The second-order valence-corrected chi connectivity index (χ2v) is 10.2. The maximum Gasteiger partial charge on any atom is 0.158 e. The highest BCUT2D eigenvalue weighted by Gasteiger charge is 2.51. The van der Waals surface area contributed by atoms with E-state index in [1.807, 2.05) is 18.2 Å². The molecule has 3 heteroatoms. The number of Topliss-reactive ketones (excluding diaryl/α,β-unsaturated/α-hetero) is 1. The standard InChI is InChI=1S/C32H40O3/c1-5-14-25-24(7-3)28-20-27(22-16-10-8-11-17-22)32(23-18-12-9-13-19-23)35-30(34-4)21-29(28)26(15-6-2)31(25)33/h5-6,8-13,16-19,24-30,32H,1-2,7,14-15,20-21H2,3-4H3/t24-,25-,26-,27-,28+,29-,30+,32-/m1/s1. The molecule has 0 N–H and O–H groups in total. The van der Waals surface area contributed by atoms with E-state index in [1.165, 1.54) is 11.1 Å². The average molecular weight is 473 g/mol. The first-order chi connectivity index (χ1) is 17.1. The fourth-order valence-electron chi connectivity index (χ4n) is 6.90. The average Bonchev–Trinajstić information content (AvgIpc) is 2.89. The molecule has 2 aliphatic rings. The molecule has 0 radical (unpaired) electrons. The Morgan fingerprint density at radius 2 is 1.49 bits per heavy atom. The van der Waals surface area contributed by atoms with Gasteiger partial charge in [-0.2, -0.15) is 0 Å². The quantitative estimate of drug-likeness (QED) is 0.373. The van der Waals surface area contributed by atoms with Gasteiger partial charge in [0.1, 0.15) is 5.78 Å². The lowest BCUT2D eigenvalue weighted by Crippen LogP contribution is -2.49. The van der Waals surface area contributed by atoms with Crippen molar-refractivity contribution in [3.63, 3.8) is 0 Å². The Morgan fingerprint density at radius 3 is 2.06 bits per heavy atom. The van der Waals surface area contributed by atoms with Gasteiger partial charge in [0.05, 0.1) is 6.10 Å². The SMILES string of the molecule is C=CC[C@H]1C(=O)[C@H](CC=C)[C@H]2C[C@@H](OC)O[C@H](c3ccccc3)[C@@H](c3ccccc3)C[C@H]2[C@@H]1CC. The van der Waals surface area contributed by atoms with Crippen LogP contribution in [0, 0.1) is 29.6 Å². The van der Waals surface area contributed by atoms with Crippen molar-refractivity contribution in [2.45, 2.75) is 57.3 Å². The first kappa shape index (κ1) is 25.6. The van der Waals surface area contributed by atoms with Crippen LogP contribution in [0.4, 0.5) is 0 Å². The first-order valence-electron chi connectivity index (χ1n) is 13.2. The molecule has 1 saturated heterocycles. The molecular weight excluding hydrogens is 432 g/mol. The highest BCUT2D eigenvalue weighted by molar-refractivity contribution is 5.85. The minimum atomic E-state index is -0.368. The lowest BCUT2D eigenvalue weighted by Gasteiger charge is -2.50. The van der Waals surface area contributed by atoms with Gasteiger partial charge in [0.2, 0.25) is 0 Å². The van der Waals surface area contributed by atoms with Gasteiger partial charge in [-0.15, -0.1) is 13.2 Å². The summed E-state index contributed by atoms with van der Waals surface area (Å²) in [7, 11) is 1.73. The molecule has 0 bridgehead atoms. The zero-order valence-corrected chi connectivity index (χ0v) is 21.2. The van der Waals surface area contributed by atoms with Crippen LogP contribution in [0.25, 0.3) is 0 Å². The summed E-state index contributed by atoms with van der Waals surface area (Å²) < 4.78 is 12.7. The van der Waals surface area contributed by atoms with Gasteiger partial charge in [0, 0.05) is 31.3 Å². The fraction of sp³-hybridized carbons (Fsp3) is 0.469. The molecule has 2 aromatic carbocycles. The minimum Gasteiger partial charge on any atom is -0.356 e. The monoisotopic (exact) mass is 472 g/mol. The van der Waals surface area contributed by atoms with Crippen molar-refractivity contribution in [2.24, 2.45) is 29.6 Å². The summed E-state index contributed by atoms with van der Waals surface area (Å²) in [5.41, 5.74) is 2.45. The van der Waals surface area contributed by atoms with Crippen molar-refractivity contribution < 1.29 is 14.3 Å². The number of allylic oxidation sites excluding steroid dienone is 2. The molecule has 2 fully saturated rings. The van der Waals surface area contributed by atoms with E-state index in [0.717, 1.165) is 25.7 Å². The molecule has 2 aromatic rings. The summed E-state index contributed by atoms with van der Waals surface area (Å²) in [5, 5.41) is 0. The summed E-state index contributed by atoms with van der Waals surface area (Å²) in [4.78, 5) is 13.8. The Kier molecular flexibility index (Phi) is 8.75. The van der Waals surface area contributed by atoms with Gasteiger partial charge in [-0.1, -0.05) is 86.2 Å². The van der Waals surface area contributed by atoms with Crippen LogP contribution in [0.1, 0.15) is 62.2 Å². The summed E-state index contributed by atoms with van der Waals surface area (Å²) in [6.45, 7) is 10.2. The largest absolute Gasteiger partial charge is 0.356 e. The van der Waals surface area contributed by atoms with E-state index in [2.05, 4.69) is 74.7 Å². The molecule has 8 atom stereocenters. The van der Waals surface area contributed by atoms with E-state index in [-0.39, 0.29) is 36.1 Å². The molecule has 1 saturated carbocycles. The van der Waals surface area contributed by atoms with E-state index < -0.39 is 0 Å². The zero-order chi connectivity index (χ0) is 24.8. The number of carbonyl (C=O) groups is 1. The van der Waals surface area contributed by atoms with Crippen LogP contribution in [0.5, 0.6) is 0 Å². The Hall–Kier alpha value is -2.49. The molecule has 1 aliphatic carbocycles. The lowest BCUT2D eigenvalue weighted by molar-refractivity contribution is -0.196. The molecule has 0 amide bonds. The predicted octanol–water partition coefficient (Wildman–Crippen LogP) is 7.52. The third kappa shape index (κ3) is 5.37. The number of methoxy groups -OCH3 is 1. The number of fused-ring (bicyclic) bond motifs is 1. The zero-order valence-electron chi connectivity index (χ0n) is 21.2. The number of rotatable bonds is 8. The van der Waals surface area contributed by atoms with Gasteiger partial charge in [0.15, 0.2) is 6.29 Å². The maximum absolute atomic E-state index is 13.8. The molecule has 186 valence electrons. The van der Waals surface area contributed by atoms with Crippen molar-refractivity contribution in [2.75, 3.05) is 7.11 Å². The minimum absolute atomic E-state index is 0.0247. The Labute approximate surface area is 211 Å². The second-order valence-electron chi connectivity index (χ2n) is 10.2. The predicted molar refractivity (Wildman–Crippen MR) is 142 cm³/mol. The van der Waals surface area contributed by atoms with Gasteiger partial charge < -0.3 is 9.47 Å². The highest BCUT2D eigenvalue weighted by Crippen LogP contribution is 2.54. The normalized spacial score (nSPS) is 33.3. The summed E-state index contributed by atoms with van der Waals surface area (Å²) in [6, 6.07) is 21.3. The van der Waals surface area contributed by atoms with Crippen molar-refractivity contribution in [3.05, 3.63) is 97.1 Å². The second kappa shape index (κ2) is 12.0. The number of ether oxygens (including phenoxy) is 2. The molecule has 35 heavy (non-hydrogen) atoms. The van der Waals surface area contributed by atoms with Gasteiger partial charge >= 0.3 is 0 Å². The van der Waals surface area contributed by atoms with Crippen molar-refractivity contribution in [1.82, 2.24) is 0 Å². The smallest absolute Gasteiger partial charge is 0.158 e. The molecule has 3 nitrogen and oxygen atoms in total. The fourth-order valence-corrected chi connectivity index (χ4v) is 6.90. The Morgan fingerprint density at radius 1 is 0.886 bits per heavy atom. The van der Waals surface area contributed by atoms with Crippen molar-refractivity contribution in [1.29, 1.82) is 0 Å². The van der Waals surface area contributed by atoms with E-state index in [0.29, 0.717) is 24.0 Å². The Balaban J connectivity index is 1.84. The number of carbonyl (C=O) groups excluding carboxylic acids is 1. The highest BCUT2D eigenvalue weighted by atomic mass is 16.7. The third-order valence-corrected chi connectivity index (χ3v) is 8.45. The molecular formula is C32H40O3. The topological polar surface area (TPSA) is 35.5 Å². The van der Waals surface area contributed by atoms with Crippen LogP contribution < -0.4 is 0 Å². The number of hydrogen-bond acceptors (Lipinski definition) is 3. The van der Waals surface area contributed by atoms with E-state index >= 15 is 0 Å². The van der Waals surface area contributed by atoms with Crippen LogP contribution in [0.2, 0.25) is 0 Å².